The third-order valence-electron chi connectivity index (χ3n) is 12.9. The van der Waals surface area contributed by atoms with Crippen LogP contribution < -0.4 is 4.89 Å². The Morgan fingerprint density at radius 2 is 0.795 bits per heavy atom. The highest BCUT2D eigenvalue weighted by Gasteiger charge is 2.20. The zero-order chi connectivity index (χ0) is 53.3. The van der Waals surface area contributed by atoms with Gasteiger partial charge in [0.1, 0.15) is 19.3 Å². The monoisotopic (exact) mass is 1040 g/mol. The summed E-state index contributed by atoms with van der Waals surface area (Å²) in [4.78, 5) is 25.3. The van der Waals surface area contributed by atoms with Gasteiger partial charge in [0.2, 0.25) is 0 Å². The van der Waals surface area contributed by atoms with Crippen molar-refractivity contribution in [3.8, 4) is 0 Å². The van der Waals surface area contributed by atoms with E-state index < -0.39 is 13.9 Å². The highest BCUT2D eigenvalue weighted by atomic mass is 31.2. The number of phosphoric ester groups is 1. The lowest BCUT2D eigenvalue weighted by atomic mass is 10.0. The third kappa shape index (κ3) is 60.4. The maximum absolute atomic E-state index is 12.8. The molecule has 424 valence electrons. The smallest absolute Gasteiger partial charge is 0.306 e. The van der Waals surface area contributed by atoms with E-state index in [2.05, 4.69) is 98.9 Å². The highest BCUT2D eigenvalue weighted by molar-refractivity contribution is 7.45. The van der Waals surface area contributed by atoms with Crippen LogP contribution in [0.4, 0.5) is 0 Å². The van der Waals surface area contributed by atoms with Crippen LogP contribution >= 0.6 is 7.82 Å². The zero-order valence-corrected chi connectivity index (χ0v) is 49.2. The average Bonchev–Trinajstić information content (AvgIpc) is 3.35. The summed E-state index contributed by atoms with van der Waals surface area (Å²) in [5.74, 6) is -0.338. The van der Waals surface area contributed by atoms with Gasteiger partial charge in [-0.1, -0.05) is 247 Å². The molecule has 0 rings (SSSR count). The second-order valence-electron chi connectivity index (χ2n) is 21.3. The fraction of sp³-hybridized carbons (Fsp3) is 0.766. The second-order valence-corrected chi connectivity index (χ2v) is 22.7. The van der Waals surface area contributed by atoms with E-state index in [0.29, 0.717) is 24.1 Å². The minimum atomic E-state index is -4.55. The number of rotatable bonds is 56. The molecule has 9 heteroatoms. The van der Waals surface area contributed by atoms with Gasteiger partial charge in [-0.3, -0.25) is 9.36 Å². The molecule has 0 aromatic rings. The Morgan fingerprint density at radius 1 is 0.438 bits per heavy atom. The summed E-state index contributed by atoms with van der Waals surface area (Å²) in [6, 6.07) is 0. The van der Waals surface area contributed by atoms with Crippen molar-refractivity contribution >= 4 is 13.8 Å². The molecule has 0 aliphatic carbocycles. The van der Waals surface area contributed by atoms with E-state index in [0.717, 1.165) is 83.5 Å². The molecular formula is C64H116NO7P. The summed E-state index contributed by atoms with van der Waals surface area (Å²) in [6.07, 6.45) is 76.3. The largest absolute Gasteiger partial charge is 0.756 e. The van der Waals surface area contributed by atoms with Gasteiger partial charge in [0.05, 0.1) is 34.4 Å². The maximum atomic E-state index is 12.8. The summed E-state index contributed by atoms with van der Waals surface area (Å²) < 4.78 is 34.9. The number of allylic oxidation sites excluding steroid dienone is 14. The molecule has 0 aromatic carbocycles. The lowest BCUT2D eigenvalue weighted by Crippen LogP contribution is -2.37. The molecule has 0 bridgehead atoms. The molecule has 2 atom stereocenters. The van der Waals surface area contributed by atoms with Crippen LogP contribution in [0.2, 0.25) is 0 Å². The Bertz CT molecular complexity index is 1440. The summed E-state index contributed by atoms with van der Waals surface area (Å²) in [7, 11) is 1.35. The SMILES string of the molecule is CC/C=C\C/C=C\C/C=C\C/C=C\C/C=C\C/C=C\CCCCCCCCCOCC(COP(=O)([O-])OCC[N+](C)(C)C)OC(=O)CCCCCCCCCCCCCCC/C=C\CCCCCCCCCC. The van der Waals surface area contributed by atoms with Crippen molar-refractivity contribution in [3.63, 3.8) is 0 Å². The van der Waals surface area contributed by atoms with Crippen LogP contribution in [0, 0.1) is 0 Å². The molecular weight excluding hydrogens is 926 g/mol. The number of ether oxygens (including phenoxy) is 2. The summed E-state index contributed by atoms with van der Waals surface area (Å²) >= 11 is 0. The van der Waals surface area contributed by atoms with Crippen molar-refractivity contribution in [2.45, 2.75) is 264 Å². The van der Waals surface area contributed by atoms with Gasteiger partial charge in [0, 0.05) is 13.0 Å². The van der Waals surface area contributed by atoms with Crippen LogP contribution in [0.3, 0.4) is 0 Å². The van der Waals surface area contributed by atoms with E-state index in [9.17, 15) is 14.3 Å². The number of likely N-dealkylation sites (N-methyl/N-ethyl adjacent to an activating group) is 1. The number of hydrogen-bond donors (Lipinski definition) is 0. The first-order chi connectivity index (χ1) is 35.6. The van der Waals surface area contributed by atoms with Gasteiger partial charge >= 0.3 is 5.97 Å². The predicted octanol–water partition coefficient (Wildman–Crippen LogP) is 18.9. The van der Waals surface area contributed by atoms with Gasteiger partial charge in [-0.2, -0.15) is 0 Å². The standard InChI is InChI=1S/C64H116NO7P/c1-6-8-10-12-14-16-18-20-22-24-26-28-30-32-34-36-38-40-42-44-46-48-50-52-54-56-59-69-61-63(62-71-73(67,68)70-60-58-65(3,4)5)72-64(66)57-55-53-51-49-47-45-43-41-39-37-35-33-31-29-27-25-23-21-19-17-15-13-11-9-7-2/h8,10,14,16,20,22,25-28,32,34,38,40,63H,6-7,9,11-13,15,17-19,21,23-24,29-31,33,35-37,39,41-62H2,1-5H3/b10-8-,16-14-,22-20-,27-25-,28-26-,34-32-,40-38-. The lowest BCUT2D eigenvalue weighted by molar-refractivity contribution is -0.870. The minimum Gasteiger partial charge on any atom is -0.756 e. The second kappa shape index (κ2) is 55.9. The number of hydrogen-bond acceptors (Lipinski definition) is 7. The number of esters is 1. The number of phosphoric acid groups is 1. The van der Waals surface area contributed by atoms with E-state index in [1.165, 1.54) is 154 Å². The lowest BCUT2D eigenvalue weighted by Gasteiger charge is -2.28. The third-order valence-corrected chi connectivity index (χ3v) is 13.9. The number of carbonyl (C=O) groups excluding carboxylic acids is 1. The minimum absolute atomic E-state index is 0.0205. The molecule has 0 N–H and O–H groups in total. The molecule has 0 spiro atoms. The first-order valence-corrected chi connectivity index (χ1v) is 31.8. The van der Waals surface area contributed by atoms with Crippen molar-refractivity contribution in [1.29, 1.82) is 0 Å². The van der Waals surface area contributed by atoms with Gasteiger partial charge in [0.25, 0.3) is 7.82 Å². The molecule has 73 heavy (non-hydrogen) atoms. The number of nitrogens with zero attached hydrogens (tertiary/aromatic N) is 1. The van der Waals surface area contributed by atoms with Gasteiger partial charge < -0.3 is 27.9 Å². The van der Waals surface area contributed by atoms with E-state index in [1.807, 2.05) is 21.1 Å². The van der Waals surface area contributed by atoms with E-state index >= 15 is 0 Å². The maximum Gasteiger partial charge on any atom is 0.306 e. The van der Waals surface area contributed by atoms with Crippen molar-refractivity contribution in [2.24, 2.45) is 0 Å². The molecule has 0 aliphatic rings. The molecule has 0 aliphatic heterocycles. The Labute approximate surface area is 452 Å². The predicted molar refractivity (Wildman–Crippen MR) is 314 cm³/mol. The molecule has 8 nitrogen and oxygen atoms in total. The molecule has 2 unspecified atom stereocenters. The Kier molecular flexibility index (Phi) is 54.1. The van der Waals surface area contributed by atoms with Crippen molar-refractivity contribution in [3.05, 3.63) is 85.1 Å². The van der Waals surface area contributed by atoms with Crippen LogP contribution in [0.1, 0.15) is 258 Å². The van der Waals surface area contributed by atoms with Gasteiger partial charge in [-0.15, -0.1) is 0 Å². The van der Waals surface area contributed by atoms with Crippen molar-refractivity contribution < 1.29 is 37.3 Å². The van der Waals surface area contributed by atoms with Gasteiger partial charge in [-0.25, -0.2) is 0 Å². The van der Waals surface area contributed by atoms with E-state index in [-0.39, 0.29) is 25.8 Å². The molecule has 0 fully saturated rings. The fourth-order valence-electron chi connectivity index (χ4n) is 8.31. The summed E-state index contributed by atoms with van der Waals surface area (Å²) in [5.41, 5.74) is 0. The van der Waals surface area contributed by atoms with Crippen molar-refractivity contribution in [2.75, 3.05) is 54.1 Å². The Hall–Kier alpha value is -2.32. The Morgan fingerprint density at radius 3 is 1.21 bits per heavy atom. The molecule has 0 aromatic heterocycles. The first-order valence-electron chi connectivity index (χ1n) is 30.3. The topological polar surface area (TPSA) is 94.1 Å². The fourth-order valence-corrected chi connectivity index (χ4v) is 9.04. The number of unbranched alkanes of at least 4 members (excludes halogenated alkanes) is 28. The summed E-state index contributed by atoms with van der Waals surface area (Å²) in [5, 5.41) is 0. The molecule has 0 heterocycles. The zero-order valence-electron chi connectivity index (χ0n) is 48.3. The molecule has 0 saturated heterocycles. The van der Waals surface area contributed by atoms with Gasteiger partial charge in [-0.05, 0) is 89.9 Å². The molecule has 0 amide bonds. The molecule has 0 saturated carbocycles. The average molecular weight is 1040 g/mol. The number of quaternary nitrogens is 1. The normalized spacial score (nSPS) is 14.0. The quantitative estimate of drug-likeness (QED) is 0.0197. The molecule has 0 radical (unpaired) electrons. The van der Waals surface area contributed by atoms with Crippen LogP contribution in [-0.2, 0) is 27.9 Å². The Balaban J connectivity index is 4.09. The van der Waals surface area contributed by atoms with Crippen LogP contribution in [-0.4, -0.2) is 70.7 Å². The van der Waals surface area contributed by atoms with Crippen LogP contribution in [0.5, 0.6) is 0 Å². The van der Waals surface area contributed by atoms with Crippen LogP contribution in [0.25, 0.3) is 0 Å². The van der Waals surface area contributed by atoms with Gasteiger partial charge in [0.15, 0.2) is 0 Å². The first kappa shape index (κ1) is 70.7. The van der Waals surface area contributed by atoms with Crippen molar-refractivity contribution in [1.82, 2.24) is 0 Å². The number of carbonyl (C=O) groups is 1. The van der Waals surface area contributed by atoms with E-state index in [1.54, 1.807) is 0 Å². The van der Waals surface area contributed by atoms with Crippen LogP contribution in [0.15, 0.2) is 85.1 Å². The van der Waals surface area contributed by atoms with E-state index in [4.69, 9.17) is 18.5 Å². The summed E-state index contributed by atoms with van der Waals surface area (Å²) in [6.45, 7) is 5.29. The highest BCUT2D eigenvalue weighted by Crippen LogP contribution is 2.38.